The highest BCUT2D eigenvalue weighted by Gasteiger charge is 2.07. The van der Waals surface area contributed by atoms with E-state index in [4.69, 9.17) is 10.5 Å². The monoisotopic (exact) mass is 273 g/mol. The molecule has 0 bridgehead atoms. The molecule has 106 valence electrons. The number of aryl methyl sites for hydroxylation is 1. The van der Waals surface area contributed by atoms with Crippen molar-refractivity contribution in [3.63, 3.8) is 0 Å². The quantitative estimate of drug-likeness (QED) is 0.885. The fourth-order valence-corrected chi connectivity index (χ4v) is 2.00. The second kappa shape index (κ2) is 6.53. The Labute approximate surface area is 119 Å². The number of benzene rings is 2. The molecule has 0 aromatic heterocycles. The Bertz CT molecular complexity index is 583. The molecule has 0 saturated carbocycles. The van der Waals surface area contributed by atoms with Gasteiger partial charge < -0.3 is 10.5 Å². The zero-order valence-electron chi connectivity index (χ0n) is 11.9. The first-order valence-electron chi connectivity index (χ1n) is 6.87. The molecule has 0 saturated heterocycles. The van der Waals surface area contributed by atoms with Crippen LogP contribution >= 0.6 is 0 Å². The van der Waals surface area contributed by atoms with Crippen LogP contribution in [-0.2, 0) is 6.42 Å². The molecule has 0 heterocycles. The molecule has 0 fully saturated rings. The highest BCUT2D eigenvalue weighted by molar-refractivity contribution is 5.36. The third-order valence-corrected chi connectivity index (χ3v) is 3.24. The molecular weight excluding hydrogens is 253 g/mol. The van der Waals surface area contributed by atoms with Gasteiger partial charge in [-0.2, -0.15) is 0 Å². The van der Waals surface area contributed by atoms with E-state index in [9.17, 15) is 4.39 Å². The minimum Gasteiger partial charge on any atom is -0.454 e. The van der Waals surface area contributed by atoms with E-state index in [-0.39, 0.29) is 17.6 Å². The van der Waals surface area contributed by atoms with Crippen molar-refractivity contribution in [2.75, 3.05) is 0 Å². The van der Waals surface area contributed by atoms with E-state index in [0.29, 0.717) is 5.75 Å². The Balaban J connectivity index is 2.17. The maximum absolute atomic E-state index is 13.7. The third-order valence-electron chi connectivity index (χ3n) is 3.24. The minimum atomic E-state index is -0.355. The van der Waals surface area contributed by atoms with E-state index >= 15 is 0 Å². The van der Waals surface area contributed by atoms with Gasteiger partial charge in [0.15, 0.2) is 11.6 Å². The Morgan fingerprint density at radius 1 is 1.20 bits per heavy atom. The van der Waals surface area contributed by atoms with E-state index in [1.807, 2.05) is 31.2 Å². The van der Waals surface area contributed by atoms with Crippen molar-refractivity contribution in [2.45, 2.75) is 32.7 Å². The molecule has 3 heteroatoms. The summed E-state index contributed by atoms with van der Waals surface area (Å²) in [5, 5.41) is 0. The Morgan fingerprint density at radius 3 is 2.75 bits per heavy atom. The molecule has 20 heavy (non-hydrogen) atoms. The first-order chi connectivity index (χ1) is 9.58. The van der Waals surface area contributed by atoms with Crippen LogP contribution in [0.4, 0.5) is 4.39 Å². The predicted octanol–water partition coefficient (Wildman–Crippen LogP) is 4.21. The number of hydrogen-bond acceptors (Lipinski definition) is 2. The van der Waals surface area contributed by atoms with E-state index in [1.165, 1.54) is 6.07 Å². The van der Waals surface area contributed by atoms with Crippen molar-refractivity contribution >= 4 is 0 Å². The summed E-state index contributed by atoms with van der Waals surface area (Å²) in [6, 6.07) is 12.6. The average molecular weight is 273 g/mol. The van der Waals surface area contributed by atoms with Gasteiger partial charge in [-0.3, -0.25) is 0 Å². The van der Waals surface area contributed by atoms with Gasteiger partial charge in [-0.25, -0.2) is 4.39 Å². The molecular formula is C17H20FNO. The highest BCUT2D eigenvalue weighted by atomic mass is 19.1. The van der Waals surface area contributed by atoms with Gasteiger partial charge in [-0.15, -0.1) is 0 Å². The fraction of sp³-hybridized carbons (Fsp3) is 0.294. The van der Waals surface area contributed by atoms with Crippen molar-refractivity contribution in [2.24, 2.45) is 5.73 Å². The van der Waals surface area contributed by atoms with Crippen molar-refractivity contribution in [3.05, 3.63) is 59.4 Å². The predicted molar refractivity (Wildman–Crippen MR) is 79.6 cm³/mol. The van der Waals surface area contributed by atoms with Crippen LogP contribution in [0.25, 0.3) is 0 Å². The number of hydrogen-bond donors (Lipinski definition) is 1. The Hall–Kier alpha value is -1.87. The van der Waals surface area contributed by atoms with E-state index < -0.39 is 0 Å². The lowest BCUT2D eigenvalue weighted by atomic mass is 10.0. The molecule has 0 aliphatic rings. The van der Waals surface area contributed by atoms with E-state index in [1.54, 1.807) is 12.1 Å². The lowest BCUT2D eigenvalue weighted by Crippen LogP contribution is -2.21. The SMILES string of the molecule is CCC(N)Cc1cccc(Oc2cc(C)ccc2F)c1. The average Bonchev–Trinajstić information content (AvgIpc) is 2.43. The molecule has 2 nitrogen and oxygen atoms in total. The molecule has 2 rings (SSSR count). The summed E-state index contributed by atoms with van der Waals surface area (Å²) < 4.78 is 19.3. The van der Waals surface area contributed by atoms with Gasteiger partial charge in [0, 0.05) is 6.04 Å². The number of nitrogens with two attached hydrogens (primary N) is 1. The second-order valence-electron chi connectivity index (χ2n) is 5.06. The van der Waals surface area contributed by atoms with Crippen LogP contribution in [0.3, 0.4) is 0 Å². The van der Waals surface area contributed by atoms with Gasteiger partial charge in [-0.1, -0.05) is 25.1 Å². The maximum atomic E-state index is 13.7. The van der Waals surface area contributed by atoms with Gasteiger partial charge in [-0.05, 0) is 55.2 Å². The molecule has 1 atom stereocenters. The van der Waals surface area contributed by atoms with E-state index in [0.717, 1.165) is 24.0 Å². The lowest BCUT2D eigenvalue weighted by Gasteiger charge is -2.11. The lowest BCUT2D eigenvalue weighted by molar-refractivity contribution is 0.441. The van der Waals surface area contributed by atoms with Crippen molar-refractivity contribution in [1.82, 2.24) is 0 Å². The summed E-state index contributed by atoms with van der Waals surface area (Å²) in [5.41, 5.74) is 8.02. The van der Waals surface area contributed by atoms with Crippen LogP contribution in [0.1, 0.15) is 24.5 Å². The number of halogens is 1. The Morgan fingerprint density at radius 2 is 2.00 bits per heavy atom. The van der Waals surface area contributed by atoms with Gasteiger partial charge >= 0.3 is 0 Å². The van der Waals surface area contributed by atoms with Crippen molar-refractivity contribution < 1.29 is 9.13 Å². The molecule has 1 unspecified atom stereocenters. The van der Waals surface area contributed by atoms with Crippen LogP contribution in [0.5, 0.6) is 11.5 Å². The number of ether oxygens (including phenoxy) is 1. The second-order valence-corrected chi connectivity index (χ2v) is 5.06. The van der Waals surface area contributed by atoms with Crippen LogP contribution in [-0.4, -0.2) is 6.04 Å². The van der Waals surface area contributed by atoms with Crippen LogP contribution in [0, 0.1) is 12.7 Å². The summed E-state index contributed by atoms with van der Waals surface area (Å²) in [4.78, 5) is 0. The first-order valence-corrected chi connectivity index (χ1v) is 6.87. The largest absolute Gasteiger partial charge is 0.454 e. The molecule has 0 radical (unpaired) electrons. The van der Waals surface area contributed by atoms with Crippen molar-refractivity contribution in [1.29, 1.82) is 0 Å². The van der Waals surface area contributed by atoms with Gasteiger partial charge in [0.05, 0.1) is 0 Å². The third kappa shape index (κ3) is 3.81. The summed E-state index contributed by atoms with van der Waals surface area (Å²) in [6.07, 6.45) is 1.72. The summed E-state index contributed by atoms with van der Waals surface area (Å²) in [5.74, 6) is 0.531. The maximum Gasteiger partial charge on any atom is 0.165 e. The minimum absolute atomic E-state index is 0.140. The topological polar surface area (TPSA) is 35.2 Å². The zero-order chi connectivity index (χ0) is 14.5. The summed E-state index contributed by atoms with van der Waals surface area (Å²) in [7, 11) is 0. The molecule has 0 amide bonds. The van der Waals surface area contributed by atoms with Gasteiger partial charge in [0.1, 0.15) is 5.75 Å². The highest BCUT2D eigenvalue weighted by Crippen LogP contribution is 2.26. The standard InChI is InChI=1S/C17H20FNO/c1-3-14(19)10-13-5-4-6-15(11-13)20-17-9-12(2)7-8-16(17)18/h4-9,11,14H,3,10,19H2,1-2H3. The van der Waals surface area contributed by atoms with Crippen LogP contribution < -0.4 is 10.5 Å². The normalized spacial score (nSPS) is 12.2. The Kier molecular flexibility index (Phi) is 4.74. The molecule has 2 N–H and O–H groups in total. The molecule has 2 aromatic rings. The molecule has 2 aromatic carbocycles. The molecule has 0 aliphatic heterocycles. The first kappa shape index (κ1) is 14.5. The fourth-order valence-electron chi connectivity index (χ4n) is 2.00. The van der Waals surface area contributed by atoms with Crippen LogP contribution in [0.2, 0.25) is 0 Å². The van der Waals surface area contributed by atoms with Gasteiger partial charge in [0.25, 0.3) is 0 Å². The zero-order valence-corrected chi connectivity index (χ0v) is 11.9. The summed E-state index contributed by atoms with van der Waals surface area (Å²) in [6.45, 7) is 3.97. The van der Waals surface area contributed by atoms with Crippen molar-refractivity contribution in [3.8, 4) is 11.5 Å². The molecule has 0 aliphatic carbocycles. The summed E-state index contributed by atoms with van der Waals surface area (Å²) >= 11 is 0. The van der Waals surface area contributed by atoms with E-state index in [2.05, 4.69) is 6.92 Å². The van der Waals surface area contributed by atoms with Crippen LogP contribution in [0.15, 0.2) is 42.5 Å². The van der Waals surface area contributed by atoms with Gasteiger partial charge in [0.2, 0.25) is 0 Å². The number of rotatable bonds is 5. The molecule has 0 spiro atoms. The smallest absolute Gasteiger partial charge is 0.165 e.